The van der Waals surface area contributed by atoms with Crippen LogP contribution in [0.1, 0.15) is 22.3 Å². The zero-order valence-corrected chi connectivity index (χ0v) is 16.4. The quantitative estimate of drug-likeness (QED) is 0.828. The summed E-state index contributed by atoms with van der Waals surface area (Å²) in [6.45, 7) is 3.46. The van der Waals surface area contributed by atoms with Crippen LogP contribution in [0.2, 0.25) is 0 Å². The Kier molecular flexibility index (Phi) is 5.77. The number of aromatic nitrogens is 1. The summed E-state index contributed by atoms with van der Waals surface area (Å²) in [5, 5.41) is 9.44. The van der Waals surface area contributed by atoms with Gasteiger partial charge in [-0.05, 0) is 36.8 Å². The lowest BCUT2D eigenvalue weighted by molar-refractivity contribution is 0.0827. The molecule has 0 aliphatic carbocycles. The number of nitrogens with zero attached hydrogens (tertiary/aromatic N) is 4. The van der Waals surface area contributed by atoms with Crippen LogP contribution in [-0.4, -0.2) is 56.1 Å². The van der Waals surface area contributed by atoms with Crippen LogP contribution < -0.4 is 9.80 Å². The van der Waals surface area contributed by atoms with E-state index in [0.29, 0.717) is 15.8 Å². The van der Waals surface area contributed by atoms with Crippen molar-refractivity contribution in [3.05, 3.63) is 52.3 Å². The first-order valence-corrected chi connectivity index (χ1v) is 9.35. The normalized spacial score (nSPS) is 14.4. The van der Waals surface area contributed by atoms with Gasteiger partial charge in [-0.25, -0.2) is 0 Å². The second-order valence-electron chi connectivity index (χ2n) is 6.75. The van der Waals surface area contributed by atoms with Crippen molar-refractivity contribution < 1.29 is 4.79 Å². The number of amides is 1. The summed E-state index contributed by atoms with van der Waals surface area (Å²) < 4.78 is 0.484. The molecule has 0 radical (unpaired) electrons. The zero-order chi connectivity index (χ0) is 19.4. The van der Waals surface area contributed by atoms with Gasteiger partial charge in [-0.15, -0.1) is 0 Å². The van der Waals surface area contributed by atoms with Gasteiger partial charge in [0.1, 0.15) is 16.3 Å². The summed E-state index contributed by atoms with van der Waals surface area (Å²) in [5.41, 5.74) is 3.23. The molecule has 7 heteroatoms. The first-order chi connectivity index (χ1) is 13.0. The Balaban J connectivity index is 1.74. The van der Waals surface area contributed by atoms with Crippen molar-refractivity contribution >= 4 is 29.5 Å². The summed E-state index contributed by atoms with van der Waals surface area (Å²) in [6, 6.07) is 11.9. The van der Waals surface area contributed by atoms with E-state index >= 15 is 0 Å². The molecule has 1 aliphatic heterocycles. The van der Waals surface area contributed by atoms with E-state index in [4.69, 9.17) is 12.2 Å². The van der Waals surface area contributed by atoms with Crippen LogP contribution in [0.5, 0.6) is 0 Å². The first kappa shape index (κ1) is 18.9. The third-order valence-electron chi connectivity index (χ3n) is 4.77. The Bertz CT molecular complexity index is 913. The molecule has 2 heterocycles. The van der Waals surface area contributed by atoms with Crippen molar-refractivity contribution in [2.45, 2.75) is 6.42 Å². The average molecular weight is 382 g/mol. The van der Waals surface area contributed by atoms with Crippen molar-refractivity contribution in [2.75, 3.05) is 50.1 Å². The number of rotatable bonds is 3. The fourth-order valence-electron chi connectivity index (χ4n) is 3.33. The van der Waals surface area contributed by atoms with Crippen molar-refractivity contribution in [1.29, 1.82) is 5.26 Å². The van der Waals surface area contributed by atoms with Crippen LogP contribution in [0.4, 0.5) is 11.4 Å². The van der Waals surface area contributed by atoms with Gasteiger partial charge in [0.25, 0.3) is 5.91 Å². The number of benzene rings is 1. The fraction of sp³-hybridized carbons (Fsp3) is 0.350. The highest BCUT2D eigenvalue weighted by molar-refractivity contribution is 7.71. The summed E-state index contributed by atoms with van der Waals surface area (Å²) in [5.74, 6) is 0.00762. The molecular formula is C20H23N5OS. The molecule has 0 unspecified atom stereocenters. The molecule has 1 N–H and O–H groups in total. The monoisotopic (exact) mass is 381 g/mol. The minimum Gasteiger partial charge on any atom is -0.370 e. The topological polar surface area (TPSA) is 66.4 Å². The number of nitrogens with one attached hydrogen (secondary N) is 1. The molecular weight excluding hydrogens is 358 g/mol. The van der Waals surface area contributed by atoms with Gasteiger partial charge in [-0.2, -0.15) is 5.26 Å². The van der Waals surface area contributed by atoms with Crippen LogP contribution in [0.25, 0.3) is 0 Å². The van der Waals surface area contributed by atoms with Gasteiger partial charge < -0.3 is 19.7 Å². The number of carbonyl (C=O) groups excluding carboxylic acids is 1. The first-order valence-electron chi connectivity index (χ1n) is 8.94. The third-order valence-corrected chi connectivity index (χ3v) is 5.09. The highest BCUT2D eigenvalue weighted by Crippen LogP contribution is 2.23. The Morgan fingerprint density at radius 1 is 1.11 bits per heavy atom. The Hall–Kier alpha value is -2.85. The van der Waals surface area contributed by atoms with Gasteiger partial charge in [0.2, 0.25) is 0 Å². The maximum absolute atomic E-state index is 12.0. The third kappa shape index (κ3) is 4.12. The standard InChI is InChI=1S/C20H23N5OS/c1-23(2)20(26)15-4-6-16(7-5-15)24-10-3-11-25(13-12-24)18-8-9-22-19(27)17(18)14-21/h4-9H,3,10-13H2,1-2H3,(H,22,27). The maximum atomic E-state index is 12.0. The van der Waals surface area contributed by atoms with E-state index in [2.05, 4.69) is 20.9 Å². The zero-order valence-electron chi connectivity index (χ0n) is 15.6. The molecule has 0 spiro atoms. The van der Waals surface area contributed by atoms with Gasteiger partial charge in [0, 0.05) is 57.7 Å². The minimum atomic E-state index is 0.00762. The number of hydrogen-bond acceptors (Lipinski definition) is 5. The van der Waals surface area contributed by atoms with Gasteiger partial charge in [-0.1, -0.05) is 12.2 Å². The average Bonchev–Trinajstić information content (AvgIpc) is 2.93. The summed E-state index contributed by atoms with van der Waals surface area (Å²) in [6.07, 6.45) is 2.77. The van der Waals surface area contributed by atoms with Gasteiger partial charge in [0.05, 0.1) is 5.69 Å². The number of H-pyrrole nitrogens is 1. The van der Waals surface area contributed by atoms with Gasteiger partial charge in [-0.3, -0.25) is 4.79 Å². The highest BCUT2D eigenvalue weighted by Gasteiger charge is 2.19. The molecule has 3 rings (SSSR count). The van der Waals surface area contributed by atoms with Crippen molar-refractivity contribution in [1.82, 2.24) is 9.88 Å². The lowest BCUT2D eigenvalue weighted by Gasteiger charge is -2.25. The molecule has 140 valence electrons. The summed E-state index contributed by atoms with van der Waals surface area (Å²) in [4.78, 5) is 21.1. The Labute approximate surface area is 164 Å². The predicted molar refractivity (Wildman–Crippen MR) is 110 cm³/mol. The molecule has 0 atom stereocenters. The molecule has 1 saturated heterocycles. The van der Waals surface area contributed by atoms with Crippen LogP contribution in [0.15, 0.2) is 36.5 Å². The SMILES string of the molecule is CN(C)C(=O)c1ccc(N2CCCN(c3cc[nH]c(=S)c3C#N)CC2)cc1. The number of carbonyl (C=O) groups is 1. The molecule has 27 heavy (non-hydrogen) atoms. The molecule has 2 aromatic rings. The van der Waals surface area contributed by atoms with E-state index in [1.807, 2.05) is 30.3 Å². The maximum Gasteiger partial charge on any atom is 0.253 e. The summed E-state index contributed by atoms with van der Waals surface area (Å²) in [7, 11) is 3.51. The second kappa shape index (κ2) is 8.23. The van der Waals surface area contributed by atoms with E-state index in [1.54, 1.807) is 25.2 Å². The van der Waals surface area contributed by atoms with Crippen LogP contribution in [-0.2, 0) is 0 Å². The number of anilines is 2. The van der Waals surface area contributed by atoms with Gasteiger partial charge in [0.15, 0.2) is 0 Å². The van der Waals surface area contributed by atoms with E-state index in [0.717, 1.165) is 44.0 Å². The highest BCUT2D eigenvalue weighted by atomic mass is 32.1. The van der Waals surface area contributed by atoms with Crippen LogP contribution in [0, 0.1) is 16.0 Å². The molecule has 0 saturated carbocycles. The largest absolute Gasteiger partial charge is 0.370 e. The van der Waals surface area contributed by atoms with Crippen molar-refractivity contribution in [2.24, 2.45) is 0 Å². The van der Waals surface area contributed by atoms with E-state index < -0.39 is 0 Å². The van der Waals surface area contributed by atoms with Crippen LogP contribution in [0.3, 0.4) is 0 Å². The van der Waals surface area contributed by atoms with Crippen molar-refractivity contribution in [3.63, 3.8) is 0 Å². The molecule has 1 aromatic carbocycles. The van der Waals surface area contributed by atoms with E-state index in [-0.39, 0.29) is 5.91 Å². The Morgan fingerprint density at radius 3 is 2.44 bits per heavy atom. The molecule has 1 aliphatic rings. The number of aromatic amines is 1. The molecule has 1 amide bonds. The second-order valence-corrected chi connectivity index (χ2v) is 7.16. The lowest BCUT2D eigenvalue weighted by Crippen LogP contribution is -2.31. The minimum absolute atomic E-state index is 0.00762. The predicted octanol–water partition coefficient (Wildman–Crippen LogP) is 3.03. The smallest absolute Gasteiger partial charge is 0.253 e. The van der Waals surface area contributed by atoms with Crippen LogP contribution >= 0.6 is 12.2 Å². The number of nitriles is 1. The lowest BCUT2D eigenvalue weighted by atomic mass is 10.1. The molecule has 6 nitrogen and oxygen atoms in total. The molecule has 1 fully saturated rings. The van der Waals surface area contributed by atoms with E-state index in [9.17, 15) is 10.1 Å². The molecule has 1 aromatic heterocycles. The van der Waals surface area contributed by atoms with Crippen molar-refractivity contribution in [3.8, 4) is 6.07 Å². The van der Waals surface area contributed by atoms with Gasteiger partial charge >= 0.3 is 0 Å². The fourth-order valence-corrected chi connectivity index (χ4v) is 3.55. The van der Waals surface area contributed by atoms with E-state index in [1.165, 1.54) is 0 Å². The summed E-state index contributed by atoms with van der Waals surface area (Å²) >= 11 is 5.25. The number of hydrogen-bond donors (Lipinski definition) is 1. The number of pyridine rings is 1. The molecule has 0 bridgehead atoms. The Morgan fingerprint density at radius 2 is 1.78 bits per heavy atom.